The Bertz CT molecular complexity index is 4180. The van der Waals surface area contributed by atoms with Crippen LogP contribution in [0.3, 0.4) is 0 Å². The lowest BCUT2D eigenvalue weighted by molar-refractivity contribution is 1.29. The summed E-state index contributed by atoms with van der Waals surface area (Å²) in [5, 5.41) is 21.0. The second kappa shape index (κ2) is 12.9. The number of rotatable bonds is 3. The van der Waals surface area contributed by atoms with Gasteiger partial charge in [-0.3, -0.25) is 0 Å². The number of anilines is 3. The molecule has 1 nitrogen and oxygen atoms in total. The molecule has 0 spiro atoms. The van der Waals surface area contributed by atoms with E-state index in [1.165, 1.54) is 124 Å². The zero-order valence-electron chi connectivity index (χ0n) is 33.5. The maximum absolute atomic E-state index is 2.42. The van der Waals surface area contributed by atoms with Crippen molar-refractivity contribution in [2.45, 2.75) is 0 Å². The van der Waals surface area contributed by atoms with Crippen molar-refractivity contribution in [3.63, 3.8) is 0 Å². The van der Waals surface area contributed by atoms with Crippen LogP contribution in [0.5, 0.6) is 0 Å². The average Bonchev–Trinajstić information content (AvgIpc) is 4.08. The van der Waals surface area contributed by atoms with Gasteiger partial charge in [0.15, 0.2) is 0 Å². The van der Waals surface area contributed by atoms with Crippen molar-refractivity contribution in [1.82, 2.24) is 0 Å². The van der Waals surface area contributed by atoms with Crippen molar-refractivity contribution in [3.8, 4) is 0 Å². The fourth-order valence-electron chi connectivity index (χ4n) is 10.3. The van der Waals surface area contributed by atoms with Crippen LogP contribution in [0.4, 0.5) is 17.1 Å². The molecule has 0 fully saturated rings. The van der Waals surface area contributed by atoms with Gasteiger partial charge in [0, 0.05) is 79.0 Å². The van der Waals surface area contributed by atoms with E-state index in [0.29, 0.717) is 0 Å². The Morgan fingerprint density at radius 1 is 0.222 bits per heavy atom. The monoisotopic (exact) mass is 869 g/mol. The molecule has 4 heterocycles. The first-order chi connectivity index (χ1) is 31.1. The summed E-state index contributed by atoms with van der Waals surface area (Å²) in [6.07, 6.45) is 0. The summed E-state index contributed by atoms with van der Waals surface area (Å²) in [6, 6.07) is 70.8. The molecule has 0 saturated heterocycles. The van der Waals surface area contributed by atoms with Gasteiger partial charge in [0.25, 0.3) is 0 Å². The van der Waals surface area contributed by atoms with E-state index < -0.39 is 0 Å². The number of fused-ring (bicyclic) bond motifs is 18. The maximum atomic E-state index is 2.42. The molecule has 0 unspecified atom stereocenters. The molecule has 0 aliphatic carbocycles. The fraction of sp³-hybridized carbons (Fsp3) is 0. The third-order valence-electron chi connectivity index (χ3n) is 13.3. The molecule has 15 rings (SSSR count). The lowest BCUT2D eigenvalue weighted by Crippen LogP contribution is -2.09. The molecular weight excluding hydrogens is 839 g/mol. The predicted octanol–water partition coefficient (Wildman–Crippen LogP) is 19.2. The van der Waals surface area contributed by atoms with E-state index >= 15 is 0 Å². The molecule has 0 atom stereocenters. The normalized spacial score (nSPS) is 12.4. The molecule has 0 saturated carbocycles. The molecule has 4 aromatic heterocycles. The Hall–Kier alpha value is -6.86. The van der Waals surface area contributed by atoms with E-state index in [2.05, 4.69) is 193 Å². The Balaban J connectivity index is 0.865. The molecule has 292 valence electrons. The van der Waals surface area contributed by atoms with Gasteiger partial charge in [0.1, 0.15) is 0 Å². The molecule has 0 aliphatic rings. The summed E-state index contributed by atoms with van der Waals surface area (Å²) in [4.78, 5) is 2.42. The first kappa shape index (κ1) is 34.7. The van der Waals surface area contributed by atoms with Crippen LogP contribution < -0.4 is 4.90 Å². The number of hydrogen-bond acceptors (Lipinski definition) is 5. The molecule has 0 amide bonds. The first-order valence-corrected chi connectivity index (χ1v) is 24.6. The molecule has 15 aromatic rings. The minimum atomic E-state index is 1.14. The predicted molar refractivity (Wildman–Crippen MR) is 283 cm³/mol. The van der Waals surface area contributed by atoms with E-state index in [4.69, 9.17) is 0 Å². The number of para-hydroxylation sites is 1. The minimum Gasteiger partial charge on any atom is -0.310 e. The first-order valence-electron chi connectivity index (χ1n) is 21.3. The van der Waals surface area contributed by atoms with Gasteiger partial charge in [-0.15, -0.1) is 45.3 Å². The van der Waals surface area contributed by atoms with Crippen LogP contribution >= 0.6 is 45.3 Å². The highest BCUT2D eigenvalue weighted by Gasteiger charge is 2.19. The van der Waals surface area contributed by atoms with Crippen molar-refractivity contribution in [2.75, 3.05) is 4.90 Å². The van der Waals surface area contributed by atoms with Gasteiger partial charge in [-0.25, -0.2) is 0 Å². The SMILES string of the molecule is c1ccc(N(c2ccc3cc4c(cc3c2)sc2c4ccc3c4cc5ccccc5cc4sc32)c2ccc3cc4c(cc3c2)sc2c4ccc3c4cc5ccccc5cc4sc32)cc1. The van der Waals surface area contributed by atoms with Crippen LogP contribution in [0.2, 0.25) is 0 Å². The molecular formula is C58H31NS4. The van der Waals surface area contributed by atoms with Crippen molar-refractivity contribution in [3.05, 3.63) is 188 Å². The number of thiophene rings is 4. The van der Waals surface area contributed by atoms with E-state index in [-0.39, 0.29) is 0 Å². The Kier molecular flexibility index (Phi) is 7.08. The molecule has 63 heavy (non-hydrogen) atoms. The largest absolute Gasteiger partial charge is 0.310 e. The minimum absolute atomic E-state index is 1.14. The van der Waals surface area contributed by atoms with Gasteiger partial charge in [-0.1, -0.05) is 103 Å². The zero-order valence-corrected chi connectivity index (χ0v) is 36.7. The molecule has 0 aliphatic heterocycles. The highest BCUT2D eigenvalue weighted by molar-refractivity contribution is 7.34. The topological polar surface area (TPSA) is 3.24 Å². The highest BCUT2D eigenvalue weighted by atomic mass is 32.1. The average molecular weight is 870 g/mol. The Morgan fingerprint density at radius 3 is 0.921 bits per heavy atom. The highest BCUT2D eigenvalue weighted by Crippen LogP contribution is 2.49. The van der Waals surface area contributed by atoms with Crippen LogP contribution in [-0.2, 0) is 0 Å². The van der Waals surface area contributed by atoms with Crippen LogP contribution in [-0.4, -0.2) is 0 Å². The van der Waals surface area contributed by atoms with Crippen LogP contribution in [0.25, 0.3) is 124 Å². The van der Waals surface area contributed by atoms with E-state index in [1.54, 1.807) is 0 Å². The quantitative estimate of drug-likeness (QED) is 0.171. The maximum Gasteiger partial charge on any atom is 0.0534 e. The van der Waals surface area contributed by atoms with E-state index in [1.807, 2.05) is 45.3 Å². The van der Waals surface area contributed by atoms with Crippen LogP contribution in [0.1, 0.15) is 0 Å². The third kappa shape index (κ3) is 5.08. The summed E-state index contributed by atoms with van der Waals surface area (Å²) in [5.41, 5.74) is 3.44. The summed E-state index contributed by atoms with van der Waals surface area (Å²) in [5.74, 6) is 0. The van der Waals surface area contributed by atoms with E-state index in [0.717, 1.165) is 17.1 Å². The van der Waals surface area contributed by atoms with Gasteiger partial charge >= 0.3 is 0 Å². The fourth-order valence-corrected chi connectivity index (χ4v) is 15.5. The van der Waals surface area contributed by atoms with Gasteiger partial charge in [-0.2, -0.15) is 0 Å². The number of hydrogen-bond donors (Lipinski definition) is 0. The Morgan fingerprint density at radius 2 is 0.540 bits per heavy atom. The van der Waals surface area contributed by atoms with Gasteiger partial charge in [0.05, 0.1) is 18.8 Å². The second-order valence-corrected chi connectivity index (χ2v) is 21.1. The lowest BCUT2D eigenvalue weighted by atomic mass is 10.0. The zero-order chi connectivity index (χ0) is 40.9. The van der Waals surface area contributed by atoms with Gasteiger partial charge in [0.2, 0.25) is 0 Å². The smallest absolute Gasteiger partial charge is 0.0534 e. The summed E-state index contributed by atoms with van der Waals surface area (Å²) >= 11 is 7.74. The van der Waals surface area contributed by atoms with Crippen molar-refractivity contribution >= 4 is 186 Å². The van der Waals surface area contributed by atoms with Gasteiger partial charge < -0.3 is 4.90 Å². The summed E-state index contributed by atoms with van der Waals surface area (Å²) in [7, 11) is 0. The van der Waals surface area contributed by atoms with Crippen molar-refractivity contribution < 1.29 is 0 Å². The number of nitrogens with zero attached hydrogens (tertiary/aromatic N) is 1. The van der Waals surface area contributed by atoms with E-state index in [9.17, 15) is 0 Å². The number of benzene rings is 11. The lowest BCUT2D eigenvalue weighted by Gasteiger charge is -2.26. The van der Waals surface area contributed by atoms with Crippen molar-refractivity contribution in [1.29, 1.82) is 0 Å². The third-order valence-corrected chi connectivity index (χ3v) is 18.3. The Labute approximate surface area is 376 Å². The summed E-state index contributed by atoms with van der Waals surface area (Å²) in [6.45, 7) is 0. The molecule has 11 aromatic carbocycles. The van der Waals surface area contributed by atoms with Crippen LogP contribution in [0.15, 0.2) is 188 Å². The van der Waals surface area contributed by atoms with Crippen LogP contribution in [0, 0.1) is 0 Å². The standard InChI is InChI=1S/C58H31NS4/c1-2-12-40(13-3-1)59(41-16-14-36-26-49-45-20-18-43-47-24-32-8-4-6-10-34(32)28-51(47)60-55(43)57(45)62-53(49)30-38(36)22-41)42-17-15-37-27-50-46-21-19-44-48-25-33-9-5-7-11-35(33)29-52(48)61-56(44)58(46)63-54(50)31-39(37)23-42/h1-31H. The van der Waals surface area contributed by atoms with Crippen molar-refractivity contribution in [2.24, 2.45) is 0 Å². The molecule has 0 N–H and O–H groups in total. The molecule has 0 radical (unpaired) electrons. The summed E-state index contributed by atoms with van der Waals surface area (Å²) < 4.78 is 10.9. The molecule has 5 heteroatoms. The second-order valence-electron chi connectivity index (χ2n) is 16.9. The molecule has 0 bridgehead atoms. The van der Waals surface area contributed by atoms with Gasteiger partial charge in [-0.05, 0) is 128 Å².